The van der Waals surface area contributed by atoms with E-state index in [0.29, 0.717) is 31.3 Å². The minimum absolute atomic E-state index is 0.0366. The summed E-state index contributed by atoms with van der Waals surface area (Å²) < 4.78 is 27.6. The molecule has 4 heterocycles. The molecule has 0 radical (unpaired) electrons. The molecule has 0 bridgehead atoms. The molecule has 1 fully saturated rings. The highest BCUT2D eigenvalue weighted by Gasteiger charge is 2.30. The van der Waals surface area contributed by atoms with E-state index in [4.69, 9.17) is 4.98 Å². The van der Waals surface area contributed by atoms with Crippen LogP contribution in [-0.2, 0) is 23.0 Å². The van der Waals surface area contributed by atoms with E-state index in [0.717, 1.165) is 42.8 Å². The lowest BCUT2D eigenvalue weighted by atomic mass is 9.96. The average Bonchev–Trinajstić information content (AvgIpc) is 3.12. The van der Waals surface area contributed by atoms with E-state index in [1.54, 1.807) is 11.2 Å². The van der Waals surface area contributed by atoms with Gasteiger partial charge in [-0.25, -0.2) is 22.2 Å². The first-order valence-corrected chi connectivity index (χ1v) is 11.8. The van der Waals surface area contributed by atoms with Crippen LogP contribution in [0.3, 0.4) is 0 Å². The van der Waals surface area contributed by atoms with Crippen molar-refractivity contribution in [3.63, 3.8) is 0 Å². The van der Waals surface area contributed by atoms with Crippen LogP contribution in [0.4, 0.5) is 0 Å². The van der Waals surface area contributed by atoms with Crippen molar-refractivity contribution in [3.05, 3.63) is 33.4 Å². The van der Waals surface area contributed by atoms with Gasteiger partial charge in [0.2, 0.25) is 10.0 Å². The molecule has 0 aromatic carbocycles. The number of hydrogen-bond donors (Lipinski definition) is 1. The SMILES string of the molecule is CCS(=O)(=O)N1CCC[C@@H](c2cc3nc4c(c(=O)n3[nH]2)CN(C(C)C)CC4)C1. The zero-order valence-electron chi connectivity index (χ0n) is 16.8. The molecular formula is C19H29N5O3S. The molecule has 0 amide bonds. The molecular weight excluding hydrogens is 378 g/mol. The van der Waals surface area contributed by atoms with Gasteiger partial charge in [0, 0.05) is 56.3 Å². The molecule has 2 aliphatic rings. The Bertz CT molecular complexity index is 1040. The molecule has 154 valence electrons. The molecule has 9 heteroatoms. The molecule has 2 aromatic rings. The summed E-state index contributed by atoms with van der Waals surface area (Å²) in [6, 6.07) is 2.31. The number of aromatic amines is 1. The van der Waals surface area contributed by atoms with Gasteiger partial charge in [0.05, 0.1) is 17.0 Å². The topological polar surface area (TPSA) is 90.8 Å². The fourth-order valence-corrected chi connectivity index (χ4v) is 5.48. The first-order valence-electron chi connectivity index (χ1n) is 10.2. The second-order valence-corrected chi connectivity index (χ2v) is 10.4. The smallest absolute Gasteiger partial charge is 0.277 e. The predicted molar refractivity (Wildman–Crippen MR) is 108 cm³/mol. The van der Waals surface area contributed by atoms with Gasteiger partial charge in [-0.05, 0) is 33.6 Å². The van der Waals surface area contributed by atoms with Crippen LogP contribution in [0.2, 0.25) is 0 Å². The lowest BCUT2D eigenvalue weighted by Crippen LogP contribution is -2.40. The Morgan fingerprint density at radius 1 is 1.32 bits per heavy atom. The second-order valence-electron chi connectivity index (χ2n) is 8.16. The molecule has 0 spiro atoms. The number of rotatable bonds is 4. The van der Waals surface area contributed by atoms with Gasteiger partial charge in [0.1, 0.15) is 0 Å². The van der Waals surface area contributed by atoms with E-state index in [2.05, 4.69) is 23.8 Å². The Labute approximate surface area is 165 Å². The Morgan fingerprint density at radius 3 is 2.82 bits per heavy atom. The number of sulfonamides is 1. The van der Waals surface area contributed by atoms with Crippen molar-refractivity contribution in [3.8, 4) is 0 Å². The van der Waals surface area contributed by atoms with Gasteiger partial charge in [0.15, 0.2) is 5.65 Å². The summed E-state index contributed by atoms with van der Waals surface area (Å²) in [6.07, 6.45) is 2.51. The monoisotopic (exact) mass is 407 g/mol. The lowest BCUT2D eigenvalue weighted by molar-refractivity contribution is 0.200. The molecule has 2 aromatic heterocycles. The fraction of sp³-hybridized carbons (Fsp3) is 0.684. The minimum Gasteiger partial charge on any atom is -0.296 e. The summed E-state index contributed by atoms with van der Waals surface area (Å²) >= 11 is 0. The maximum Gasteiger partial charge on any atom is 0.277 e. The third-order valence-corrected chi connectivity index (χ3v) is 7.97. The van der Waals surface area contributed by atoms with Crippen LogP contribution in [0.25, 0.3) is 5.65 Å². The number of hydrogen-bond acceptors (Lipinski definition) is 5. The van der Waals surface area contributed by atoms with E-state index < -0.39 is 10.0 Å². The largest absolute Gasteiger partial charge is 0.296 e. The van der Waals surface area contributed by atoms with Gasteiger partial charge in [-0.2, -0.15) is 0 Å². The fourth-order valence-electron chi connectivity index (χ4n) is 4.30. The van der Waals surface area contributed by atoms with Crippen molar-refractivity contribution in [1.29, 1.82) is 0 Å². The molecule has 8 nitrogen and oxygen atoms in total. The average molecular weight is 408 g/mol. The van der Waals surface area contributed by atoms with Gasteiger partial charge in [-0.1, -0.05) is 0 Å². The third-order valence-electron chi connectivity index (χ3n) is 6.12. The number of nitrogens with one attached hydrogen (secondary N) is 1. The normalized spacial score (nSPS) is 22.1. The summed E-state index contributed by atoms with van der Waals surface area (Å²) in [5.41, 5.74) is 3.15. The third kappa shape index (κ3) is 3.40. The molecule has 1 atom stereocenters. The minimum atomic E-state index is -3.20. The number of aromatic nitrogens is 3. The van der Waals surface area contributed by atoms with Gasteiger partial charge < -0.3 is 0 Å². The van der Waals surface area contributed by atoms with Crippen LogP contribution in [0.5, 0.6) is 0 Å². The summed E-state index contributed by atoms with van der Waals surface area (Å²) in [7, 11) is -3.20. The van der Waals surface area contributed by atoms with Crippen LogP contribution in [0.1, 0.15) is 56.5 Å². The molecule has 4 rings (SSSR count). The first kappa shape index (κ1) is 19.6. The van der Waals surface area contributed by atoms with Crippen molar-refractivity contribution in [2.75, 3.05) is 25.4 Å². The van der Waals surface area contributed by atoms with Gasteiger partial charge >= 0.3 is 0 Å². The maximum absolute atomic E-state index is 13.1. The van der Waals surface area contributed by atoms with Crippen molar-refractivity contribution in [1.82, 2.24) is 23.8 Å². The van der Waals surface area contributed by atoms with Crippen LogP contribution < -0.4 is 5.56 Å². The summed E-state index contributed by atoms with van der Waals surface area (Å²) in [4.78, 5) is 20.1. The maximum atomic E-state index is 13.1. The van der Waals surface area contributed by atoms with E-state index in [9.17, 15) is 13.2 Å². The zero-order valence-corrected chi connectivity index (χ0v) is 17.6. The molecule has 1 saturated heterocycles. The van der Waals surface area contributed by atoms with Crippen LogP contribution in [0.15, 0.2) is 10.9 Å². The van der Waals surface area contributed by atoms with Crippen molar-refractivity contribution >= 4 is 15.7 Å². The van der Waals surface area contributed by atoms with Crippen molar-refractivity contribution in [2.24, 2.45) is 0 Å². The lowest BCUT2D eigenvalue weighted by Gasteiger charge is -2.31. The highest BCUT2D eigenvalue weighted by atomic mass is 32.2. The van der Waals surface area contributed by atoms with E-state index in [-0.39, 0.29) is 17.2 Å². The Balaban J connectivity index is 1.67. The first-order chi connectivity index (χ1) is 13.3. The van der Waals surface area contributed by atoms with Crippen LogP contribution in [-0.4, -0.2) is 63.6 Å². The van der Waals surface area contributed by atoms with Gasteiger partial charge in [-0.15, -0.1) is 0 Å². The number of nitrogens with zero attached hydrogens (tertiary/aromatic N) is 4. The Hall–Kier alpha value is -1.71. The standard InChI is InChI=1S/C19H29N5O3S/c1-4-28(26,27)23-8-5-6-14(11-23)17-10-18-20-16-7-9-22(13(2)3)12-15(16)19(25)24(18)21-17/h10,13-14,21H,4-9,11-12H2,1-3H3/t14-/m1/s1. The number of H-pyrrole nitrogens is 1. The van der Waals surface area contributed by atoms with E-state index in [1.807, 2.05) is 6.07 Å². The summed E-state index contributed by atoms with van der Waals surface area (Å²) in [5, 5.41) is 3.22. The van der Waals surface area contributed by atoms with E-state index >= 15 is 0 Å². The molecule has 2 aliphatic heterocycles. The van der Waals surface area contributed by atoms with Crippen LogP contribution in [0, 0.1) is 0 Å². The molecule has 28 heavy (non-hydrogen) atoms. The van der Waals surface area contributed by atoms with Crippen molar-refractivity contribution < 1.29 is 8.42 Å². The van der Waals surface area contributed by atoms with Gasteiger partial charge in [-0.3, -0.25) is 14.8 Å². The van der Waals surface area contributed by atoms with Crippen molar-refractivity contribution in [2.45, 2.75) is 58.5 Å². The summed E-state index contributed by atoms with van der Waals surface area (Å²) in [6.45, 7) is 8.53. The molecule has 1 N–H and O–H groups in total. The quantitative estimate of drug-likeness (QED) is 0.825. The second kappa shape index (κ2) is 7.27. The number of piperidine rings is 1. The van der Waals surface area contributed by atoms with E-state index in [1.165, 1.54) is 4.52 Å². The summed E-state index contributed by atoms with van der Waals surface area (Å²) in [5.74, 6) is 0.173. The Morgan fingerprint density at radius 2 is 2.11 bits per heavy atom. The van der Waals surface area contributed by atoms with Crippen LogP contribution >= 0.6 is 0 Å². The zero-order chi connectivity index (χ0) is 20.1. The highest BCUT2D eigenvalue weighted by molar-refractivity contribution is 7.89. The van der Waals surface area contributed by atoms with Gasteiger partial charge in [0.25, 0.3) is 5.56 Å². The Kier molecular flexibility index (Phi) is 5.09. The number of fused-ring (bicyclic) bond motifs is 2. The molecule has 0 aliphatic carbocycles. The molecule has 0 unspecified atom stereocenters. The highest BCUT2D eigenvalue weighted by Crippen LogP contribution is 2.28. The predicted octanol–water partition coefficient (Wildman–Crippen LogP) is 1.32. The molecule has 0 saturated carbocycles.